The maximum Gasteiger partial charge on any atom is 0.233 e. The number of nitrogens with one attached hydrogen (secondary N) is 1. The number of ether oxygens (including phenoxy) is 2. The molecular weight excluding hydrogens is 436 g/mol. The smallest absolute Gasteiger partial charge is 0.233 e. The standard InChI is InChI=1S/C25H26N4O3S/c1-5-18(16-9-7-6-8-10-16)24(30)27-23-14-19(28-29(23)2)25-26-20(15-33-25)17-11-12-21(31-3)22(13-17)32-4/h6-15,18H,5H2,1-4H3,(H,27,30). The fraction of sp³-hybridized carbons (Fsp3) is 0.240. The molecule has 4 rings (SSSR count). The molecule has 4 aromatic rings. The van der Waals surface area contributed by atoms with Crippen LogP contribution in [0, 0.1) is 0 Å². The van der Waals surface area contributed by atoms with Gasteiger partial charge in [0.15, 0.2) is 11.5 Å². The second-order valence-corrected chi connectivity index (χ2v) is 8.36. The van der Waals surface area contributed by atoms with E-state index in [2.05, 4.69) is 10.4 Å². The SMILES string of the molecule is CCC(C(=O)Nc1cc(-c2nc(-c3ccc(OC)c(OC)c3)cs2)nn1C)c1ccccc1. The normalized spacial score (nSPS) is 11.8. The van der Waals surface area contributed by atoms with Crippen LogP contribution in [0.5, 0.6) is 11.5 Å². The summed E-state index contributed by atoms with van der Waals surface area (Å²) >= 11 is 1.50. The molecule has 2 heterocycles. The van der Waals surface area contributed by atoms with Crippen molar-refractivity contribution in [2.24, 2.45) is 7.05 Å². The van der Waals surface area contributed by atoms with Crippen molar-refractivity contribution in [1.29, 1.82) is 0 Å². The van der Waals surface area contributed by atoms with Gasteiger partial charge in [-0.2, -0.15) is 5.10 Å². The summed E-state index contributed by atoms with van der Waals surface area (Å²) in [6.07, 6.45) is 0.710. The van der Waals surface area contributed by atoms with E-state index in [4.69, 9.17) is 14.5 Å². The molecule has 170 valence electrons. The van der Waals surface area contributed by atoms with Gasteiger partial charge in [-0.3, -0.25) is 9.48 Å². The van der Waals surface area contributed by atoms with Crippen molar-refractivity contribution in [3.63, 3.8) is 0 Å². The van der Waals surface area contributed by atoms with Gasteiger partial charge in [-0.25, -0.2) is 4.98 Å². The lowest BCUT2D eigenvalue weighted by Gasteiger charge is -2.15. The Hall–Kier alpha value is -3.65. The Morgan fingerprint density at radius 2 is 1.82 bits per heavy atom. The van der Waals surface area contributed by atoms with Gasteiger partial charge in [0, 0.05) is 24.1 Å². The molecule has 1 amide bonds. The van der Waals surface area contributed by atoms with Crippen LogP contribution in [0.4, 0.5) is 5.82 Å². The molecule has 0 aliphatic rings. The van der Waals surface area contributed by atoms with E-state index in [-0.39, 0.29) is 11.8 Å². The number of methoxy groups -OCH3 is 2. The number of thiazole rings is 1. The topological polar surface area (TPSA) is 78.3 Å². The zero-order valence-electron chi connectivity index (χ0n) is 19.0. The molecule has 0 spiro atoms. The van der Waals surface area contributed by atoms with E-state index in [1.54, 1.807) is 18.9 Å². The lowest BCUT2D eigenvalue weighted by atomic mass is 9.96. The number of hydrogen-bond donors (Lipinski definition) is 1. The van der Waals surface area contributed by atoms with Gasteiger partial charge >= 0.3 is 0 Å². The van der Waals surface area contributed by atoms with E-state index < -0.39 is 0 Å². The van der Waals surface area contributed by atoms with Crippen LogP contribution in [0.25, 0.3) is 22.0 Å². The van der Waals surface area contributed by atoms with Gasteiger partial charge in [0.25, 0.3) is 0 Å². The van der Waals surface area contributed by atoms with E-state index in [0.29, 0.717) is 29.4 Å². The van der Waals surface area contributed by atoms with Crippen LogP contribution < -0.4 is 14.8 Å². The molecule has 2 aromatic heterocycles. The van der Waals surface area contributed by atoms with Gasteiger partial charge in [-0.05, 0) is 30.2 Å². The lowest BCUT2D eigenvalue weighted by molar-refractivity contribution is -0.117. The van der Waals surface area contributed by atoms with Crippen molar-refractivity contribution in [2.45, 2.75) is 19.3 Å². The monoisotopic (exact) mass is 462 g/mol. The summed E-state index contributed by atoms with van der Waals surface area (Å²) < 4.78 is 12.4. The predicted molar refractivity (Wildman–Crippen MR) is 131 cm³/mol. The van der Waals surface area contributed by atoms with Crippen LogP contribution in [-0.2, 0) is 11.8 Å². The first-order valence-corrected chi connectivity index (χ1v) is 11.5. The van der Waals surface area contributed by atoms with Crippen LogP contribution in [0.1, 0.15) is 24.8 Å². The fourth-order valence-corrected chi connectivity index (χ4v) is 4.46. The predicted octanol–water partition coefficient (Wildman–Crippen LogP) is 5.36. The number of hydrogen-bond acceptors (Lipinski definition) is 6. The summed E-state index contributed by atoms with van der Waals surface area (Å²) in [5, 5.41) is 10.3. The third-order valence-corrected chi connectivity index (χ3v) is 6.33. The van der Waals surface area contributed by atoms with E-state index in [0.717, 1.165) is 21.8 Å². The van der Waals surface area contributed by atoms with Gasteiger partial charge in [0.05, 0.1) is 25.8 Å². The average molecular weight is 463 g/mol. The average Bonchev–Trinajstić information content (AvgIpc) is 3.47. The highest BCUT2D eigenvalue weighted by molar-refractivity contribution is 7.13. The van der Waals surface area contributed by atoms with E-state index >= 15 is 0 Å². The molecule has 0 radical (unpaired) electrons. The van der Waals surface area contributed by atoms with E-state index in [1.807, 2.05) is 73.9 Å². The number of benzene rings is 2. The largest absolute Gasteiger partial charge is 0.493 e. The van der Waals surface area contributed by atoms with Crippen LogP contribution in [-0.4, -0.2) is 34.9 Å². The number of aryl methyl sites for hydroxylation is 1. The summed E-state index contributed by atoms with van der Waals surface area (Å²) in [7, 11) is 5.03. The Morgan fingerprint density at radius 3 is 2.52 bits per heavy atom. The number of carbonyl (C=O) groups excluding carboxylic acids is 1. The first kappa shape index (κ1) is 22.5. The maximum absolute atomic E-state index is 13.0. The lowest BCUT2D eigenvalue weighted by Crippen LogP contribution is -2.22. The minimum atomic E-state index is -0.221. The summed E-state index contributed by atoms with van der Waals surface area (Å²) in [6, 6.07) is 17.4. The van der Waals surface area contributed by atoms with Gasteiger partial charge in [0.2, 0.25) is 5.91 Å². The molecule has 0 aliphatic heterocycles. The third-order valence-electron chi connectivity index (χ3n) is 5.46. The van der Waals surface area contributed by atoms with Crippen molar-refractivity contribution in [2.75, 3.05) is 19.5 Å². The number of rotatable bonds is 8. The third kappa shape index (κ3) is 4.75. The number of aromatic nitrogens is 3. The van der Waals surface area contributed by atoms with Crippen LogP contribution in [0.15, 0.2) is 60.0 Å². The second-order valence-electron chi connectivity index (χ2n) is 7.51. The minimum absolute atomic E-state index is 0.0524. The molecule has 2 aromatic carbocycles. The Balaban J connectivity index is 1.54. The Bertz CT molecular complexity index is 1250. The molecule has 0 saturated heterocycles. The Kier molecular flexibility index (Phi) is 6.74. The van der Waals surface area contributed by atoms with Crippen LogP contribution >= 0.6 is 11.3 Å². The van der Waals surface area contributed by atoms with Crippen molar-refractivity contribution in [3.05, 3.63) is 65.5 Å². The number of amides is 1. The highest BCUT2D eigenvalue weighted by Gasteiger charge is 2.21. The Labute approximate surface area is 197 Å². The number of carbonyl (C=O) groups is 1. The summed E-state index contributed by atoms with van der Waals surface area (Å²) in [4.78, 5) is 17.7. The molecule has 7 nitrogen and oxygen atoms in total. The first-order valence-electron chi connectivity index (χ1n) is 10.6. The molecule has 33 heavy (non-hydrogen) atoms. The molecule has 0 fully saturated rings. The fourth-order valence-electron chi connectivity index (χ4n) is 3.68. The Morgan fingerprint density at radius 1 is 1.06 bits per heavy atom. The van der Waals surface area contributed by atoms with Crippen LogP contribution in [0.3, 0.4) is 0 Å². The van der Waals surface area contributed by atoms with Crippen LogP contribution in [0.2, 0.25) is 0 Å². The van der Waals surface area contributed by atoms with Gasteiger partial charge in [0.1, 0.15) is 16.5 Å². The summed E-state index contributed by atoms with van der Waals surface area (Å²) in [5.74, 6) is 1.68. The maximum atomic E-state index is 13.0. The highest BCUT2D eigenvalue weighted by Crippen LogP contribution is 2.35. The van der Waals surface area contributed by atoms with E-state index in [9.17, 15) is 4.79 Å². The first-order chi connectivity index (χ1) is 16.0. The van der Waals surface area contributed by atoms with Gasteiger partial charge in [-0.15, -0.1) is 11.3 Å². The summed E-state index contributed by atoms with van der Waals surface area (Å²) in [6.45, 7) is 2.01. The highest BCUT2D eigenvalue weighted by atomic mass is 32.1. The van der Waals surface area contributed by atoms with Crippen molar-refractivity contribution in [1.82, 2.24) is 14.8 Å². The molecule has 0 aliphatic carbocycles. The second kappa shape index (κ2) is 9.87. The molecule has 0 bridgehead atoms. The van der Waals surface area contributed by atoms with Gasteiger partial charge in [-0.1, -0.05) is 37.3 Å². The van der Waals surface area contributed by atoms with Crippen molar-refractivity contribution in [3.8, 4) is 33.5 Å². The zero-order chi connectivity index (χ0) is 23.4. The molecule has 8 heteroatoms. The molecule has 1 N–H and O–H groups in total. The van der Waals surface area contributed by atoms with Crippen molar-refractivity contribution < 1.29 is 14.3 Å². The summed E-state index contributed by atoms with van der Waals surface area (Å²) in [5.41, 5.74) is 3.45. The molecule has 0 saturated carbocycles. The zero-order valence-corrected chi connectivity index (χ0v) is 19.8. The van der Waals surface area contributed by atoms with Gasteiger partial charge < -0.3 is 14.8 Å². The minimum Gasteiger partial charge on any atom is -0.493 e. The number of nitrogens with zero attached hydrogens (tertiary/aromatic N) is 3. The molecule has 1 atom stereocenters. The number of anilines is 1. The van der Waals surface area contributed by atoms with Crippen molar-refractivity contribution >= 4 is 23.1 Å². The van der Waals surface area contributed by atoms with E-state index in [1.165, 1.54) is 11.3 Å². The quantitative estimate of drug-likeness (QED) is 0.381. The molecule has 1 unspecified atom stereocenters. The molecular formula is C25H26N4O3S.